The van der Waals surface area contributed by atoms with E-state index in [4.69, 9.17) is 13.9 Å². The number of aliphatic hydroxyl groups excluding tert-OH is 1. The molecule has 0 fully saturated rings. The van der Waals surface area contributed by atoms with Crippen LogP contribution in [0.2, 0.25) is 18.1 Å². The molecule has 4 rings (SSSR count). The van der Waals surface area contributed by atoms with E-state index in [1.165, 1.54) is 19.2 Å². The largest absolute Gasteiger partial charge is 0.497 e. The molecule has 4 aromatic rings. The van der Waals surface area contributed by atoms with Crippen LogP contribution in [0, 0.1) is 35.3 Å². The molecule has 0 aromatic heterocycles. The number of hydrogen-bond acceptors (Lipinski definition) is 6. The SMILES string of the molecule is COc1ccc(F)c(-c2ccc(CO)cc2C(O)(C(C)C)C(C)C)c1.COc1ccc(F)c(-c2ccc(CO[Si](C)(C)C(C)(C)C)cc2C(O)(C(C)C)C(C)C)c1. The lowest BCUT2D eigenvalue weighted by molar-refractivity contribution is -0.0528. The summed E-state index contributed by atoms with van der Waals surface area (Å²) in [5.41, 5.74) is 2.82. The molecule has 0 saturated carbocycles. The molecule has 9 heteroatoms. The topological polar surface area (TPSA) is 88.4 Å². The summed E-state index contributed by atoms with van der Waals surface area (Å²) < 4.78 is 46.5. The van der Waals surface area contributed by atoms with Gasteiger partial charge in [0.2, 0.25) is 0 Å². The second-order valence-electron chi connectivity index (χ2n) is 17.9. The Labute approximate surface area is 342 Å². The Hall–Kier alpha value is -3.60. The number of benzene rings is 4. The van der Waals surface area contributed by atoms with Gasteiger partial charge in [-0.1, -0.05) is 106 Å². The van der Waals surface area contributed by atoms with Crippen molar-refractivity contribution in [2.75, 3.05) is 14.2 Å². The van der Waals surface area contributed by atoms with Gasteiger partial charge in [0.1, 0.15) is 23.1 Å². The normalized spacial score (nSPS) is 12.7. The maximum atomic E-state index is 14.9. The third-order valence-electron chi connectivity index (χ3n) is 12.1. The molecule has 6 nitrogen and oxygen atoms in total. The highest BCUT2D eigenvalue weighted by Gasteiger charge is 2.41. The van der Waals surface area contributed by atoms with Crippen LogP contribution in [0.1, 0.15) is 98.4 Å². The summed E-state index contributed by atoms with van der Waals surface area (Å²) in [5, 5.41) is 33.0. The molecular formula is C48H68F2O6Si. The van der Waals surface area contributed by atoms with Gasteiger partial charge in [-0.3, -0.25) is 0 Å². The van der Waals surface area contributed by atoms with Gasteiger partial charge in [0, 0.05) is 11.1 Å². The fourth-order valence-corrected chi connectivity index (χ4v) is 8.20. The second kappa shape index (κ2) is 19.0. The summed E-state index contributed by atoms with van der Waals surface area (Å²) in [4.78, 5) is 0. The van der Waals surface area contributed by atoms with E-state index < -0.39 is 19.5 Å². The molecule has 0 saturated heterocycles. The monoisotopic (exact) mass is 806 g/mol. The first-order chi connectivity index (χ1) is 26.4. The number of hydrogen-bond donors (Lipinski definition) is 3. The number of aliphatic hydroxyl groups is 3. The van der Waals surface area contributed by atoms with Crippen molar-refractivity contribution in [3.05, 3.63) is 107 Å². The maximum absolute atomic E-state index is 14.9. The average Bonchev–Trinajstić information content (AvgIpc) is 3.16. The van der Waals surface area contributed by atoms with Crippen molar-refractivity contribution in [1.29, 1.82) is 0 Å². The molecule has 0 aliphatic heterocycles. The van der Waals surface area contributed by atoms with Crippen molar-refractivity contribution in [2.24, 2.45) is 23.7 Å². The summed E-state index contributed by atoms with van der Waals surface area (Å²) in [5.74, 6) is 0.100. The van der Waals surface area contributed by atoms with E-state index in [9.17, 15) is 24.1 Å². The first-order valence-electron chi connectivity index (χ1n) is 20.0. The zero-order valence-corrected chi connectivity index (χ0v) is 38.0. The van der Waals surface area contributed by atoms with Crippen molar-refractivity contribution in [1.82, 2.24) is 0 Å². The Kier molecular flexibility index (Phi) is 15.9. The van der Waals surface area contributed by atoms with Crippen molar-refractivity contribution >= 4 is 8.32 Å². The third-order valence-corrected chi connectivity index (χ3v) is 16.5. The van der Waals surface area contributed by atoms with Crippen LogP contribution in [0.5, 0.6) is 11.5 Å². The summed E-state index contributed by atoms with van der Waals surface area (Å²) in [7, 11) is 1.17. The van der Waals surface area contributed by atoms with Crippen LogP contribution in [0.25, 0.3) is 22.3 Å². The summed E-state index contributed by atoms with van der Waals surface area (Å²) >= 11 is 0. The molecule has 4 aromatic carbocycles. The summed E-state index contributed by atoms with van der Waals surface area (Å²) in [6.45, 7) is 27.2. The van der Waals surface area contributed by atoms with Crippen LogP contribution in [-0.4, -0.2) is 37.9 Å². The smallest absolute Gasteiger partial charge is 0.192 e. The first-order valence-corrected chi connectivity index (χ1v) is 22.9. The summed E-state index contributed by atoms with van der Waals surface area (Å²) in [6, 6.07) is 20.4. The highest BCUT2D eigenvalue weighted by atomic mass is 28.4. The van der Waals surface area contributed by atoms with Gasteiger partial charge in [-0.2, -0.15) is 0 Å². The molecule has 57 heavy (non-hydrogen) atoms. The van der Waals surface area contributed by atoms with E-state index in [0.29, 0.717) is 51.5 Å². The van der Waals surface area contributed by atoms with Crippen molar-refractivity contribution < 1.29 is 38.0 Å². The fraction of sp³-hybridized carbons (Fsp3) is 0.500. The molecule has 0 amide bonds. The average molecular weight is 807 g/mol. The minimum atomic E-state index is -1.93. The highest BCUT2D eigenvalue weighted by molar-refractivity contribution is 6.74. The molecule has 0 bridgehead atoms. The Balaban J connectivity index is 0.000000315. The lowest BCUT2D eigenvalue weighted by Gasteiger charge is -2.39. The standard InChI is InChI=1S/C27H41FO3Si.C21H27FO3/c1-18(2)27(29,19(3)4)24-15-20(17-31-32(9,10)26(5,6)7)11-13-22(24)23-16-21(30-8)12-14-25(23)28;1-13(2)21(24,14(3)4)19-10-15(12-23)6-8-17(19)18-11-16(25-5)7-9-20(18)22/h11-16,18-19,29H,17H2,1-10H3;6-11,13-14,23-24H,12H2,1-5H3. The van der Waals surface area contributed by atoms with Gasteiger partial charge >= 0.3 is 0 Å². The Morgan fingerprint density at radius 2 is 0.930 bits per heavy atom. The van der Waals surface area contributed by atoms with E-state index in [0.717, 1.165) is 11.1 Å². The molecule has 0 aliphatic carbocycles. The number of ether oxygens (including phenoxy) is 2. The van der Waals surface area contributed by atoms with Crippen LogP contribution >= 0.6 is 0 Å². The fourth-order valence-electron chi connectivity index (χ4n) is 7.24. The van der Waals surface area contributed by atoms with Gasteiger partial charge in [0.05, 0.1) is 38.6 Å². The first kappa shape index (κ1) is 47.8. The van der Waals surface area contributed by atoms with Crippen LogP contribution in [0.4, 0.5) is 8.78 Å². The zero-order chi connectivity index (χ0) is 43.3. The molecule has 3 N–H and O–H groups in total. The lowest BCUT2D eigenvalue weighted by atomic mass is 9.72. The molecule has 0 heterocycles. The molecule has 0 unspecified atom stereocenters. The van der Waals surface area contributed by atoms with Crippen LogP contribution in [0.3, 0.4) is 0 Å². The van der Waals surface area contributed by atoms with E-state index in [-0.39, 0.29) is 47.0 Å². The number of halogens is 2. The van der Waals surface area contributed by atoms with Gasteiger partial charge in [0.15, 0.2) is 8.32 Å². The number of rotatable bonds is 14. The molecule has 314 valence electrons. The number of methoxy groups -OCH3 is 2. The van der Waals surface area contributed by atoms with Crippen molar-refractivity contribution in [2.45, 2.75) is 119 Å². The van der Waals surface area contributed by atoms with E-state index in [1.807, 2.05) is 73.6 Å². The predicted molar refractivity (Wildman–Crippen MR) is 232 cm³/mol. The lowest BCUT2D eigenvalue weighted by Crippen LogP contribution is -2.40. The quantitative estimate of drug-likeness (QED) is 0.110. The molecular weight excluding hydrogens is 739 g/mol. The van der Waals surface area contributed by atoms with Crippen LogP contribution in [-0.2, 0) is 28.8 Å². The highest BCUT2D eigenvalue weighted by Crippen LogP contribution is 2.45. The second-order valence-corrected chi connectivity index (χ2v) is 22.7. The minimum Gasteiger partial charge on any atom is -0.497 e. The van der Waals surface area contributed by atoms with Crippen molar-refractivity contribution in [3.63, 3.8) is 0 Å². The molecule has 0 aliphatic rings. The van der Waals surface area contributed by atoms with Gasteiger partial charge in [-0.25, -0.2) is 8.78 Å². The molecule has 0 atom stereocenters. The van der Waals surface area contributed by atoms with Gasteiger partial charge in [-0.15, -0.1) is 0 Å². The Morgan fingerprint density at radius 1 is 0.561 bits per heavy atom. The Morgan fingerprint density at radius 3 is 1.26 bits per heavy atom. The molecule has 0 spiro atoms. The van der Waals surface area contributed by atoms with Gasteiger partial charge in [0.25, 0.3) is 0 Å². The zero-order valence-electron chi connectivity index (χ0n) is 37.0. The van der Waals surface area contributed by atoms with E-state index in [1.54, 1.807) is 49.6 Å². The Bertz CT molecular complexity index is 1930. The van der Waals surface area contributed by atoms with Gasteiger partial charge < -0.3 is 29.2 Å². The third kappa shape index (κ3) is 10.3. The summed E-state index contributed by atoms with van der Waals surface area (Å²) in [6.07, 6.45) is 0. The predicted octanol–water partition coefficient (Wildman–Crippen LogP) is 12.0. The molecule has 0 radical (unpaired) electrons. The van der Waals surface area contributed by atoms with Crippen LogP contribution in [0.15, 0.2) is 72.8 Å². The van der Waals surface area contributed by atoms with E-state index in [2.05, 4.69) is 33.9 Å². The minimum absolute atomic E-state index is 0.0634. The van der Waals surface area contributed by atoms with E-state index >= 15 is 0 Å². The van der Waals surface area contributed by atoms with Crippen molar-refractivity contribution in [3.8, 4) is 33.8 Å². The maximum Gasteiger partial charge on any atom is 0.192 e. The van der Waals surface area contributed by atoms with Crippen LogP contribution < -0.4 is 9.47 Å². The van der Waals surface area contributed by atoms with Gasteiger partial charge in [-0.05, 0) is 118 Å².